The number of amides is 2. The third-order valence-electron chi connectivity index (χ3n) is 2.92. The second kappa shape index (κ2) is 6.61. The number of hydrogen-bond acceptors (Lipinski definition) is 4. The molecule has 22 heavy (non-hydrogen) atoms. The van der Waals surface area contributed by atoms with Gasteiger partial charge in [0.15, 0.2) is 5.82 Å². The number of imidazole rings is 1. The Balaban J connectivity index is 1.89. The Morgan fingerprint density at radius 1 is 1.23 bits per heavy atom. The molecule has 2 N–H and O–H groups in total. The molecule has 118 valence electrons. The number of aryl methyl sites for hydroxylation is 2. The van der Waals surface area contributed by atoms with Gasteiger partial charge in [-0.15, -0.1) is 0 Å². The Labute approximate surface area is 129 Å². The van der Waals surface area contributed by atoms with Crippen LogP contribution in [0.25, 0.3) is 0 Å². The summed E-state index contributed by atoms with van der Waals surface area (Å²) < 4.78 is 24.0. The highest BCUT2D eigenvalue weighted by Gasteiger charge is 2.06. The Morgan fingerprint density at radius 2 is 1.91 bits per heavy atom. The van der Waals surface area contributed by atoms with Crippen molar-refractivity contribution in [1.29, 1.82) is 0 Å². The molecular weight excluding hydrogens is 304 g/mol. The summed E-state index contributed by atoms with van der Waals surface area (Å²) in [4.78, 5) is 15.8. The minimum Gasteiger partial charge on any atom is -0.338 e. The molecule has 0 radical (unpaired) electrons. The number of hydrogen-bond donors (Lipinski definition) is 2. The van der Waals surface area contributed by atoms with Crippen LogP contribution in [-0.4, -0.2) is 36.0 Å². The molecule has 2 rings (SSSR count). The maximum Gasteiger partial charge on any atom is 0.324 e. The van der Waals surface area contributed by atoms with E-state index in [0.717, 1.165) is 5.56 Å². The summed E-state index contributed by atoms with van der Waals surface area (Å²) in [5.41, 5.74) is 1.53. The Bertz CT molecular complexity index is 751. The first kappa shape index (κ1) is 16.0. The van der Waals surface area contributed by atoms with E-state index in [1.165, 1.54) is 6.26 Å². The number of carbonyl (C=O) groups excluding carboxylic acids is 1. The molecule has 0 aliphatic rings. The molecular formula is C14H18N4O3S. The fraction of sp³-hybridized carbons (Fsp3) is 0.286. The largest absolute Gasteiger partial charge is 0.338 e. The molecule has 1 aromatic carbocycles. The van der Waals surface area contributed by atoms with Crippen LogP contribution in [0.4, 0.5) is 16.3 Å². The predicted octanol–water partition coefficient (Wildman–Crippen LogP) is 1.65. The monoisotopic (exact) mass is 322 g/mol. The van der Waals surface area contributed by atoms with Gasteiger partial charge in [0.1, 0.15) is 9.84 Å². The van der Waals surface area contributed by atoms with E-state index in [9.17, 15) is 13.2 Å². The van der Waals surface area contributed by atoms with Crippen molar-refractivity contribution >= 4 is 27.4 Å². The lowest BCUT2D eigenvalue weighted by molar-refractivity contribution is 0.262. The van der Waals surface area contributed by atoms with Crippen LogP contribution in [0.5, 0.6) is 0 Å². The van der Waals surface area contributed by atoms with Gasteiger partial charge in [-0.3, -0.25) is 5.32 Å². The summed E-state index contributed by atoms with van der Waals surface area (Å²) in [5.74, 6) is 0.574. The number of nitrogens with zero attached hydrogens (tertiary/aromatic N) is 2. The Kier molecular flexibility index (Phi) is 4.81. The Morgan fingerprint density at radius 3 is 2.45 bits per heavy atom. The molecule has 0 spiro atoms. The molecule has 1 heterocycles. The number of benzene rings is 1. The van der Waals surface area contributed by atoms with E-state index < -0.39 is 9.84 Å². The minimum absolute atomic E-state index is 0.111. The van der Waals surface area contributed by atoms with Gasteiger partial charge in [0.25, 0.3) is 0 Å². The summed E-state index contributed by atoms with van der Waals surface area (Å²) in [6, 6.07) is 6.66. The molecule has 0 bridgehead atoms. The maximum absolute atomic E-state index is 11.8. The second-order valence-corrected chi connectivity index (χ2v) is 7.34. The van der Waals surface area contributed by atoms with E-state index in [1.807, 2.05) is 7.05 Å². The smallest absolute Gasteiger partial charge is 0.324 e. The van der Waals surface area contributed by atoms with E-state index >= 15 is 0 Å². The molecule has 0 unspecified atom stereocenters. The summed E-state index contributed by atoms with van der Waals surface area (Å²) in [6.45, 7) is 0. The number of anilines is 2. The molecule has 0 atom stereocenters. The van der Waals surface area contributed by atoms with Crippen LogP contribution in [0.1, 0.15) is 5.56 Å². The molecule has 0 fully saturated rings. The van der Waals surface area contributed by atoms with Crippen molar-refractivity contribution in [3.05, 3.63) is 42.4 Å². The number of rotatable bonds is 5. The Hall–Kier alpha value is -2.35. The lowest BCUT2D eigenvalue weighted by atomic mass is 10.1. The van der Waals surface area contributed by atoms with E-state index in [2.05, 4.69) is 15.6 Å². The number of carbonyl (C=O) groups is 1. The van der Waals surface area contributed by atoms with E-state index in [4.69, 9.17) is 0 Å². The molecule has 0 aliphatic carbocycles. The number of urea groups is 1. The third-order valence-corrected chi connectivity index (χ3v) is 3.87. The van der Waals surface area contributed by atoms with Gasteiger partial charge in [-0.05, 0) is 24.1 Å². The first-order valence-electron chi connectivity index (χ1n) is 6.64. The number of aromatic nitrogens is 2. The SMILES string of the molecule is Cn1cnc(NC(=O)Nc2ccc(CCS(C)(=O)=O)cc2)c1. The first-order chi connectivity index (χ1) is 10.3. The summed E-state index contributed by atoms with van der Waals surface area (Å²) >= 11 is 0. The molecule has 0 aliphatic heterocycles. The van der Waals surface area contributed by atoms with Gasteiger partial charge < -0.3 is 9.88 Å². The fourth-order valence-electron chi connectivity index (χ4n) is 1.81. The van der Waals surface area contributed by atoms with Crippen molar-refractivity contribution in [3.8, 4) is 0 Å². The van der Waals surface area contributed by atoms with Gasteiger partial charge in [0.2, 0.25) is 0 Å². The normalized spacial score (nSPS) is 11.2. The van der Waals surface area contributed by atoms with Crippen molar-refractivity contribution < 1.29 is 13.2 Å². The average Bonchev–Trinajstić information content (AvgIpc) is 2.82. The van der Waals surface area contributed by atoms with Crippen molar-refractivity contribution in [2.45, 2.75) is 6.42 Å². The van der Waals surface area contributed by atoms with Crippen LogP contribution in [0.15, 0.2) is 36.8 Å². The zero-order valence-corrected chi connectivity index (χ0v) is 13.2. The van der Waals surface area contributed by atoms with Gasteiger partial charge >= 0.3 is 6.03 Å². The van der Waals surface area contributed by atoms with Crippen LogP contribution in [0.2, 0.25) is 0 Å². The minimum atomic E-state index is -2.97. The van der Waals surface area contributed by atoms with Crippen molar-refractivity contribution in [2.24, 2.45) is 7.05 Å². The lowest BCUT2D eigenvalue weighted by Gasteiger charge is -2.07. The highest BCUT2D eigenvalue weighted by molar-refractivity contribution is 7.90. The maximum atomic E-state index is 11.8. The standard InChI is InChI=1S/C14H18N4O3S/c1-18-9-13(15-10-18)17-14(19)16-12-5-3-11(4-6-12)7-8-22(2,20)21/h3-6,9-10H,7-8H2,1-2H3,(H2,16,17,19). The number of nitrogens with one attached hydrogen (secondary N) is 2. The average molecular weight is 322 g/mol. The van der Waals surface area contributed by atoms with E-state index in [-0.39, 0.29) is 11.8 Å². The molecule has 1 aromatic heterocycles. The second-order valence-electron chi connectivity index (χ2n) is 5.08. The third kappa shape index (κ3) is 5.21. The van der Waals surface area contributed by atoms with Crippen molar-refractivity contribution in [2.75, 3.05) is 22.6 Å². The van der Waals surface area contributed by atoms with E-state index in [0.29, 0.717) is 17.9 Å². The molecule has 0 saturated heterocycles. The topological polar surface area (TPSA) is 93.1 Å². The zero-order valence-electron chi connectivity index (χ0n) is 12.4. The highest BCUT2D eigenvalue weighted by atomic mass is 32.2. The molecule has 7 nitrogen and oxygen atoms in total. The van der Waals surface area contributed by atoms with Crippen LogP contribution < -0.4 is 10.6 Å². The van der Waals surface area contributed by atoms with Gasteiger partial charge in [-0.2, -0.15) is 0 Å². The zero-order chi connectivity index (χ0) is 16.2. The van der Waals surface area contributed by atoms with Gasteiger partial charge in [-0.1, -0.05) is 12.1 Å². The fourth-order valence-corrected chi connectivity index (χ4v) is 2.42. The van der Waals surface area contributed by atoms with Crippen molar-refractivity contribution in [1.82, 2.24) is 9.55 Å². The first-order valence-corrected chi connectivity index (χ1v) is 8.70. The van der Waals surface area contributed by atoms with Gasteiger partial charge in [0, 0.05) is 25.2 Å². The lowest BCUT2D eigenvalue weighted by Crippen LogP contribution is -2.19. The highest BCUT2D eigenvalue weighted by Crippen LogP contribution is 2.11. The summed E-state index contributed by atoms with van der Waals surface area (Å²) in [7, 11) is -1.16. The number of sulfone groups is 1. The molecule has 8 heteroatoms. The quantitative estimate of drug-likeness (QED) is 0.875. The summed E-state index contributed by atoms with van der Waals surface area (Å²) in [5, 5.41) is 5.29. The van der Waals surface area contributed by atoms with Crippen LogP contribution in [0.3, 0.4) is 0 Å². The van der Waals surface area contributed by atoms with Crippen LogP contribution in [0, 0.1) is 0 Å². The summed E-state index contributed by atoms with van der Waals surface area (Å²) in [6.07, 6.45) is 4.95. The van der Waals surface area contributed by atoms with Gasteiger partial charge in [-0.25, -0.2) is 18.2 Å². The van der Waals surface area contributed by atoms with Crippen LogP contribution >= 0.6 is 0 Å². The molecule has 0 saturated carbocycles. The van der Waals surface area contributed by atoms with Gasteiger partial charge in [0.05, 0.1) is 12.1 Å². The van der Waals surface area contributed by atoms with Crippen molar-refractivity contribution in [3.63, 3.8) is 0 Å². The van der Waals surface area contributed by atoms with Crippen LogP contribution in [-0.2, 0) is 23.3 Å². The van der Waals surface area contributed by atoms with E-state index in [1.54, 1.807) is 41.4 Å². The molecule has 2 amide bonds. The molecule has 2 aromatic rings. The predicted molar refractivity (Wildman–Crippen MR) is 85.7 cm³/mol.